The van der Waals surface area contributed by atoms with Gasteiger partial charge in [-0.3, -0.25) is 9.69 Å². The summed E-state index contributed by atoms with van der Waals surface area (Å²) in [4.78, 5) is 19.1. The lowest BCUT2D eigenvalue weighted by Gasteiger charge is -2.21. The van der Waals surface area contributed by atoms with Gasteiger partial charge < -0.3 is 9.15 Å². The van der Waals surface area contributed by atoms with Gasteiger partial charge in [0.25, 0.3) is 5.91 Å². The second-order valence-electron chi connectivity index (χ2n) is 7.00. The van der Waals surface area contributed by atoms with E-state index in [2.05, 4.69) is 20.9 Å². The summed E-state index contributed by atoms with van der Waals surface area (Å²) in [6.07, 6.45) is 1.58. The third kappa shape index (κ3) is 4.99. The molecule has 0 aliphatic heterocycles. The molecule has 2 heterocycles. The quantitative estimate of drug-likeness (QED) is 0.331. The molecule has 0 saturated carbocycles. The first-order valence-corrected chi connectivity index (χ1v) is 12.1. The average Bonchev–Trinajstić information content (AvgIpc) is 3.35. The monoisotopic (exact) mass is 526 g/mol. The molecule has 0 radical (unpaired) electrons. The number of furan rings is 1. The Balaban J connectivity index is 1.65. The van der Waals surface area contributed by atoms with E-state index in [4.69, 9.17) is 9.15 Å². The summed E-state index contributed by atoms with van der Waals surface area (Å²) in [7, 11) is -2.33. The molecule has 0 fully saturated rings. The van der Waals surface area contributed by atoms with E-state index in [-0.39, 0.29) is 22.3 Å². The molecule has 0 saturated heterocycles. The van der Waals surface area contributed by atoms with E-state index in [1.807, 2.05) is 12.1 Å². The van der Waals surface area contributed by atoms with Gasteiger partial charge in [0.15, 0.2) is 5.76 Å². The van der Waals surface area contributed by atoms with Gasteiger partial charge in [-0.05, 0) is 66.2 Å². The third-order valence-corrected chi connectivity index (χ3v) is 7.02. The third-order valence-electron chi connectivity index (χ3n) is 4.85. The van der Waals surface area contributed by atoms with Crippen LogP contribution in [0.2, 0.25) is 0 Å². The minimum absolute atomic E-state index is 0.0684. The van der Waals surface area contributed by atoms with Crippen molar-refractivity contribution in [3.8, 4) is 5.75 Å². The first kappa shape index (κ1) is 22.8. The fourth-order valence-electron chi connectivity index (χ4n) is 3.13. The maximum Gasteiger partial charge on any atom is 0.295 e. The van der Waals surface area contributed by atoms with Gasteiger partial charge in [0, 0.05) is 10.7 Å². The summed E-state index contributed by atoms with van der Waals surface area (Å²) in [5.41, 5.74) is 0.837. The van der Waals surface area contributed by atoms with Crippen LogP contribution in [-0.2, 0) is 16.4 Å². The van der Waals surface area contributed by atoms with E-state index < -0.39 is 15.7 Å². The highest BCUT2D eigenvalue weighted by atomic mass is 79.9. The average molecular weight is 527 g/mol. The fraction of sp³-hybridized carbons (Fsp3) is 0.0833. The first-order chi connectivity index (χ1) is 15.9. The number of pyridine rings is 1. The number of methoxy groups -OCH3 is 1. The van der Waals surface area contributed by atoms with E-state index in [1.54, 1.807) is 55.8 Å². The lowest BCUT2D eigenvalue weighted by Crippen LogP contribution is -2.30. The van der Waals surface area contributed by atoms with Gasteiger partial charge in [0.05, 0.1) is 18.6 Å². The molecule has 7 nitrogen and oxygen atoms in total. The summed E-state index contributed by atoms with van der Waals surface area (Å²) in [5.74, 6) is 0.488. The maximum absolute atomic E-state index is 13.4. The predicted octanol–water partition coefficient (Wildman–Crippen LogP) is 5.13. The van der Waals surface area contributed by atoms with E-state index in [1.165, 1.54) is 29.2 Å². The standard InChI is InChI=1S/C24H19BrN2O5S/c1-31-19-9-5-17(6-10-19)16-27(22-4-2-3-15-26-22)24(28)21-13-14-23(32-21)33(29,30)20-11-7-18(25)8-12-20/h2-15H,16H2,1H3. The largest absolute Gasteiger partial charge is 0.497 e. The van der Waals surface area contributed by atoms with Crippen molar-refractivity contribution in [2.24, 2.45) is 0 Å². The number of sulfone groups is 1. The molecule has 0 spiro atoms. The van der Waals surface area contributed by atoms with E-state index in [9.17, 15) is 13.2 Å². The molecule has 4 aromatic rings. The number of benzene rings is 2. The molecule has 0 N–H and O–H groups in total. The van der Waals surface area contributed by atoms with Gasteiger partial charge in [-0.2, -0.15) is 0 Å². The summed E-state index contributed by atoms with van der Waals surface area (Å²) < 4.78 is 37.3. The Morgan fingerprint density at radius 1 is 1.00 bits per heavy atom. The topological polar surface area (TPSA) is 89.7 Å². The van der Waals surface area contributed by atoms with E-state index >= 15 is 0 Å². The van der Waals surface area contributed by atoms with Crippen molar-refractivity contribution in [2.75, 3.05) is 12.0 Å². The molecule has 0 atom stereocenters. The summed E-state index contributed by atoms with van der Waals surface area (Å²) in [6, 6.07) is 21.3. The van der Waals surface area contributed by atoms with Gasteiger partial charge in [-0.1, -0.05) is 34.1 Å². The van der Waals surface area contributed by atoms with Crippen LogP contribution in [0, 0.1) is 0 Å². The minimum Gasteiger partial charge on any atom is -0.497 e. The molecular weight excluding hydrogens is 508 g/mol. The Labute approximate surface area is 199 Å². The first-order valence-electron chi connectivity index (χ1n) is 9.85. The van der Waals surface area contributed by atoms with Gasteiger partial charge in [-0.15, -0.1) is 0 Å². The van der Waals surface area contributed by atoms with Crippen LogP contribution in [0.25, 0.3) is 0 Å². The van der Waals surface area contributed by atoms with Crippen LogP contribution in [0.1, 0.15) is 16.1 Å². The lowest BCUT2D eigenvalue weighted by atomic mass is 10.2. The normalized spacial score (nSPS) is 11.2. The zero-order valence-corrected chi connectivity index (χ0v) is 19.9. The van der Waals surface area contributed by atoms with Crippen LogP contribution < -0.4 is 9.64 Å². The van der Waals surface area contributed by atoms with Gasteiger partial charge in [0.2, 0.25) is 14.9 Å². The molecule has 0 bridgehead atoms. The molecule has 2 aromatic carbocycles. The number of carbonyl (C=O) groups excluding carboxylic acids is 1. The van der Waals surface area contributed by atoms with Crippen LogP contribution in [0.3, 0.4) is 0 Å². The second kappa shape index (κ2) is 9.60. The molecule has 2 aromatic heterocycles. The van der Waals surface area contributed by atoms with E-state index in [0.29, 0.717) is 11.6 Å². The number of carbonyl (C=O) groups is 1. The molecular formula is C24H19BrN2O5S. The highest BCUT2D eigenvalue weighted by Crippen LogP contribution is 2.26. The number of amides is 1. The number of nitrogens with zero attached hydrogens (tertiary/aromatic N) is 2. The summed E-state index contributed by atoms with van der Waals surface area (Å²) in [6.45, 7) is 0.204. The minimum atomic E-state index is -3.91. The zero-order valence-electron chi connectivity index (χ0n) is 17.5. The molecule has 0 aliphatic rings. The molecule has 9 heteroatoms. The second-order valence-corrected chi connectivity index (χ2v) is 9.80. The van der Waals surface area contributed by atoms with Crippen LogP contribution in [0.15, 0.2) is 104 Å². The van der Waals surface area contributed by atoms with Crippen LogP contribution in [0.5, 0.6) is 5.75 Å². The Kier molecular flexibility index (Phi) is 6.62. The Hall–Kier alpha value is -3.43. The fourth-order valence-corrected chi connectivity index (χ4v) is 4.56. The van der Waals surface area contributed by atoms with E-state index in [0.717, 1.165) is 10.0 Å². The van der Waals surface area contributed by atoms with Crippen molar-refractivity contribution in [2.45, 2.75) is 16.5 Å². The summed E-state index contributed by atoms with van der Waals surface area (Å²) >= 11 is 3.28. The van der Waals surface area contributed by atoms with Gasteiger partial charge in [-0.25, -0.2) is 13.4 Å². The lowest BCUT2D eigenvalue weighted by molar-refractivity contribution is 0.0952. The van der Waals surface area contributed by atoms with Crippen molar-refractivity contribution >= 4 is 37.5 Å². The Morgan fingerprint density at radius 3 is 2.36 bits per heavy atom. The molecule has 4 rings (SSSR count). The number of ether oxygens (including phenoxy) is 1. The van der Waals surface area contributed by atoms with Crippen molar-refractivity contribution in [1.29, 1.82) is 0 Å². The van der Waals surface area contributed by atoms with Crippen molar-refractivity contribution < 1.29 is 22.4 Å². The number of halogens is 1. The Morgan fingerprint density at radius 2 is 1.73 bits per heavy atom. The zero-order chi connectivity index (χ0) is 23.4. The predicted molar refractivity (Wildman–Crippen MR) is 126 cm³/mol. The molecule has 0 unspecified atom stereocenters. The highest BCUT2D eigenvalue weighted by molar-refractivity contribution is 9.10. The number of hydrogen-bond acceptors (Lipinski definition) is 6. The Bertz CT molecular complexity index is 1350. The smallest absolute Gasteiger partial charge is 0.295 e. The van der Waals surface area contributed by atoms with Crippen LogP contribution in [0.4, 0.5) is 5.82 Å². The maximum atomic E-state index is 13.4. The number of hydrogen-bond donors (Lipinski definition) is 0. The number of anilines is 1. The summed E-state index contributed by atoms with van der Waals surface area (Å²) in [5, 5.41) is -0.307. The molecule has 168 valence electrons. The highest BCUT2D eigenvalue weighted by Gasteiger charge is 2.27. The van der Waals surface area contributed by atoms with Crippen LogP contribution in [-0.4, -0.2) is 26.4 Å². The van der Waals surface area contributed by atoms with Gasteiger partial charge >= 0.3 is 0 Å². The van der Waals surface area contributed by atoms with Crippen molar-refractivity contribution in [3.05, 3.63) is 101 Å². The number of rotatable bonds is 7. The van der Waals surface area contributed by atoms with Gasteiger partial charge in [0.1, 0.15) is 11.6 Å². The molecule has 0 aliphatic carbocycles. The molecule has 1 amide bonds. The van der Waals surface area contributed by atoms with Crippen molar-refractivity contribution in [1.82, 2.24) is 4.98 Å². The molecule has 33 heavy (non-hydrogen) atoms. The number of aromatic nitrogens is 1. The van der Waals surface area contributed by atoms with Crippen molar-refractivity contribution in [3.63, 3.8) is 0 Å². The SMILES string of the molecule is COc1ccc(CN(C(=O)c2ccc(S(=O)(=O)c3ccc(Br)cc3)o2)c2ccccn2)cc1. The van der Waals surface area contributed by atoms with Crippen LogP contribution >= 0.6 is 15.9 Å².